The first-order valence-electron chi connectivity index (χ1n) is 13.1. The smallest absolute Gasteiger partial charge is 0.431 e. The van der Waals surface area contributed by atoms with Crippen molar-refractivity contribution in [3.8, 4) is 0 Å². The third kappa shape index (κ3) is 6.20. The van der Waals surface area contributed by atoms with Gasteiger partial charge in [0.25, 0.3) is 0 Å². The molecule has 0 aliphatic heterocycles. The zero-order chi connectivity index (χ0) is 24.3. The van der Waals surface area contributed by atoms with Gasteiger partial charge in [0.15, 0.2) is 0 Å². The van der Waals surface area contributed by atoms with E-state index in [-0.39, 0.29) is 34.9 Å². The van der Waals surface area contributed by atoms with E-state index in [9.17, 15) is 15.0 Å². The summed E-state index contributed by atoms with van der Waals surface area (Å²) in [4.78, 5) is 13.0. The van der Waals surface area contributed by atoms with E-state index in [4.69, 9.17) is 9.47 Å². The Morgan fingerprint density at radius 1 is 0.812 bits per heavy atom. The summed E-state index contributed by atoms with van der Waals surface area (Å²) in [6, 6.07) is 0. The molecule has 0 aromatic rings. The largest absolute Gasteiger partial charge is 0.508 e. The van der Waals surface area contributed by atoms with Crippen LogP contribution in [0.1, 0.15) is 107 Å². The highest BCUT2D eigenvalue weighted by Crippen LogP contribution is 2.47. The summed E-state index contributed by atoms with van der Waals surface area (Å²) in [6.07, 6.45) is 4.70. The monoisotopic (exact) mass is 454 g/mol. The minimum atomic E-state index is -0.582. The van der Waals surface area contributed by atoms with Crippen molar-refractivity contribution in [2.24, 2.45) is 34.5 Å². The minimum absolute atomic E-state index is 0.236. The Hall–Kier alpha value is -0.810. The molecule has 5 heteroatoms. The lowest BCUT2D eigenvalue weighted by Crippen LogP contribution is -2.47. The number of carbonyl (C=O) groups excluding carboxylic acids is 1. The van der Waals surface area contributed by atoms with Crippen molar-refractivity contribution < 1.29 is 24.5 Å². The van der Waals surface area contributed by atoms with Gasteiger partial charge in [0.1, 0.15) is 12.2 Å². The maximum absolute atomic E-state index is 13.0. The van der Waals surface area contributed by atoms with Crippen molar-refractivity contribution in [3.63, 3.8) is 0 Å². The van der Waals surface area contributed by atoms with Gasteiger partial charge in [0, 0.05) is 0 Å². The third-order valence-electron chi connectivity index (χ3n) is 8.98. The van der Waals surface area contributed by atoms with Crippen LogP contribution in [0.2, 0.25) is 0 Å². The normalized spacial score (nSPS) is 37.9. The fourth-order valence-corrected chi connectivity index (χ4v) is 6.44. The Morgan fingerprint density at radius 2 is 1.16 bits per heavy atom. The van der Waals surface area contributed by atoms with Gasteiger partial charge in [-0.3, -0.25) is 0 Å². The van der Waals surface area contributed by atoms with E-state index in [1.807, 2.05) is 13.8 Å². The number of aliphatic hydroxyl groups excluding tert-OH is 2. The SMILES string of the molecule is CCC(O)C1(C)CCC(C(C)C)C(OC(=O)OC2CC(C)(C(O)CC)CCC2C(C)C)C1. The summed E-state index contributed by atoms with van der Waals surface area (Å²) in [5, 5.41) is 21.2. The Morgan fingerprint density at radius 3 is 1.44 bits per heavy atom. The molecule has 0 saturated heterocycles. The molecule has 5 nitrogen and oxygen atoms in total. The molecule has 0 heterocycles. The van der Waals surface area contributed by atoms with Gasteiger partial charge in [-0.25, -0.2) is 4.79 Å². The van der Waals surface area contributed by atoms with Crippen molar-refractivity contribution in [1.29, 1.82) is 0 Å². The summed E-state index contributed by atoms with van der Waals surface area (Å²) >= 11 is 0. The molecule has 0 spiro atoms. The summed E-state index contributed by atoms with van der Waals surface area (Å²) in [6.45, 7) is 17.0. The van der Waals surface area contributed by atoms with E-state index in [2.05, 4.69) is 41.5 Å². The van der Waals surface area contributed by atoms with Gasteiger partial charge < -0.3 is 19.7 Å². The molecule has 188 valence electrons. The highest BCUT2D eigenvalue weighted by molar-refractivity contribution is 5.60. The van der Waals surface area contributed by atoms with E-state index < -0.39 is 18.4 Å². The number of hydrogen-bond acceptors (Lipinski definition) is 5. The maximum Gasteiger partial charge on any atom is 0.508 e. The van der Waals surface area contributed by atoms with Crippen LogP contribution < -0.4 is 0 Å². The second-order valence-corrected chi connectivity index (χ2v) is 12.0. The maximum atomic E-state index is 13.0. The van der Waals surface area contributed by atoms with E-state index in [0.29, 0.717) is 37.5 Å². The summed E-state index contributed by atoms with van der Waals surface area (Å²) < 4.78 is 12.0. The molecular formula is C27H50O5. The summed E-state index contributed by atoms with van der Waals surface area (Å²) in [7, 11) is 0. The molecule has 2 aliphatic rings. The number of aliphatic hydroxyl groups is 2. The molecule has 2 N–H and O–H groups in total. The molecule has 2 saturated carbocycles. The lowest BCUT2D eigenvalue weighted by atomic mass is 9.64. The number of carbonyl (C=O) groups is 1. The highest BCUT2D eigenvalue weighted by atomic mass is 16.7. The molecule has 0 radical (unpaired) electrons. The van der Waals surface area contributed by atoms with Crippen LogP contribution in [-0.4, -0.2) is 40.8 Å². The molecule has 0 amide bonds. The standard InChI is InChI=1S/C27H50O5/c1-9-23(28)26(7)13-11-19(17(3)4)21(15-26)31-25(30)32-22-16-27(8,24(29)10-2)14-12-20(22)18(5)6/h17-24,28-29H,9-16H2,1-8H3. The lowest BCUT2D eigenvalue weighted by Gasteiger charge is -2.47. The fourth-order valence-electron chi connectivity index (χ4n) is 6.44. The van der Waals surface area contributed by atoms with Crippen LogP contribution in [0.5, 0.6) is 0 Å². The Labute approximate surface area is 196 Å². The fraction of sp³-hybridized carbons (Fsp3) is 0.963. The van der Waals surface area contributed by atoms with Crippen LogP contribution in [0, 0.1) is 34.5 Å². The summed E-state index contributed by atoms with van der Waals surface area (Å²) in [5.74, 6) is 1.35. The van der Waals surface area contributed by atoms with Gasteiger partial charge >= 0.3 is 6.16 Å². The van der Waals surface area contributed by atoms with Crippen LogP contribution in [-0.2, 0) is 9.47 Å². The zero-order valence-electron chi connectivity index (χ0n) is 21.9. The van der Waals surface area contributed by atoms with Gasteiger partial charge in [0.05, 0.1) is 12.2 Å². The predicted octanol–water partition coefficient (Wildman–Crippen LogP) is 6.34. The molecule has 0 bridgehead atoms. The van der Waals surface area contributed by atoms with Crippen molar-refractivity contribution in [1.82, 2.24) is 0 Å². The average molecular weight is 455 g/mol. The van der Waals surface area contributed by atoms with Gasteiger partial charge in [0.2, 0.25) is 0 Å². The van der Waals surface area contributed by atoms with Gasteiger partial charge in [-0.1, -0.05) is 55.4 Å². The van der Waals surface area contributed by atoms with Crippen molar-refractivity contribution in [3.05, 3.63) is 0 Å². The molecule has 32 heavy (non-hydrogen) atoms. The first-order valence-corrected chi connectivity index (χ1v) is 13.1. The van der Waals surface area contributed by atoms with Crippen LogP contribution in [0.3, 0.4) is 0 Å². The molecule has 2 fully saturated rings. The molecule has 0 aromatic heterocycles. The lowest BCUT2D eigenvalue weighted by molar-refractivity contribution is -0.115. The van der Waals surface area contributed by atoms with Crippen molar-refractivity contribution in [2.45, 2.75) is 131 Å². The third-order valence-corrected chi connectivity index (χ3v) is 8.98. The molecule has 2 aliphatic carbocycles. The number of rotatable bonds is 8. The van der Waals surface area contributed by atoms with Crippen LogP contribution in [0.4, 0.5) is 4.79 Å². The molecule has 0 aromatic carbocycles. The number of hydrogen-bond donors (Lipinski definition) is 2. The minimum Gasteiger partial charge on any atom is -0.431 e. The van der Waals surface area contributed by atoms with E-state index in [1.165, 1.54) is 0 Å². The summed E-state index contributed by atoms with van der Waals surface area (Å²) in [5.41, 5.74) is -0.472. The Kier molecular flexibility index (Phi) is 9.50. The van der Waals surface area contributed by atoms with Crippen LogP contribution >= 0.6 is 0 Å². The van der Waals surface area contributed by atoms with Crippen LogP contribution in [0.25, 0.3) is 0 Å². The Bertz CT molecular complexity index is 555. The van der Waals surface area contributed by atoms with Gasteiger partial charge in [-0.05, 0) is 85.9 Å². The Balaban J connectivity index is 2.13. The highest BCUT2D eigenvalue weighted by Gasteiger charge is 2.46. The predicted molar refractivity (Wildman–Crippen MR) is 128 cm³/mol. The molecular weight excluding hydrogens is 404 g/mol. The molecule has 2 rings (SSSR count). The molecule has 8 unspecified atom stereocenters. The number of ether oxygens (including phenoxy) is 2. The van der Waals surface area contributed by atoms with Gasteiger partial charge in [-0.2, -0.15) is 0 Å². The average Bonchev–Trinajstić information content (AvgIpc) is 2.71. The van der Waals surface area contributed by atoms with E-state index in [1.54, 1.807) is 0 Å². The second-order valence-electron chi connectivity index (χ2n) is 12.0. The second kappa shape index (κ2) is 11.1. The van der Waals surface area contributed by atoms with E-state index >= 15 is 0 Å². The quantitative estimate of drug-likeness (QED) is 0.418. The zero-order valence-corrected chi connectivity index (χ0v) is 21.9. The van der Waals surface area contributed by atoms with Crippen LogP contribution in [0.15, 0.2) is 0 Å². The first-order chi connectivity index (χ1) is 14.9. The van der Waals surface area contributed by atoms with Crippen molar-refractivity contribution >= 4 is 6.16 Å². The van der Waals surface area contributed by atoms with Gasteiger partial charge in [-0.15, -0.1) is 0 Å². The van der Waals surface area contributed by atoms with Crippen molar-refractivity contribution in [2.75, 3.05) is 0 Å². The topological polar surface area (TPSA) is 76.0 Å². The first kappa shape index (κ1) is 27.4. The van der Waals surface area contributed by atoms with E-state index in [0.717, 1.165) is 25.7 Å². The molecule has 8 atom stereocenters.